The number of aromatic nitrogens is 1. The highest BCUT2D eigenvalue weighted by molar-refractivity contribution is 7.87. The monoisotopic (exact) mass is 646 g/mol. The summed E-state index contributed by atoms with van der Waals surface area (Å²) in [7, 11) is -4.73. The standard InChI is InChI=1S/C27H24Cl2N6O7S/c1-15(16-8-9-16)31-26(36)18-13-17(28)10-11-20(18)32-27(37)22-14-24(33-34(22)25-19(29)5-4-12-30-25)42-43(40,41)23-7-3-2-6-21(23)35(38)39/h2-7,10-13,15-16,22H,8-9,14H2,1H3,(H,31,36)(H,32,37). The molecule has 224 valence electrons. The normalized spacial score (nSPS) is 17.1. The van der Waals surface area contributed by atoms with Crippen molar-refractivity contribution >= 4 is 68.2 Å². The van der Waals surface area contributed by atoms with Crippen LogP contribution in [-0.4, -0.2) is 48.1 Å². The summed E-state index contributed by atoms with van der Waals surface area (Å²) in [6.45, 7) is 1.91. The number of hydrogen-bond acceptors (Lipinski definition) is 10. The maximum atomic E-state index is 13.7. The molecule has 43 heavy (non-hydrogen) atoms. The van der Waals surface area contributed by atoms with E-state index in [1.54, 1.807) is 6.07 Å². The van der Waals surface area contributed by atoms with E-state index in [0.29, 0.717) is 5.92 Å². The minimum atomic E-state index is -4.73. The molecule has 1 aromatic heterocycles. The SMILES string of the molecule is CC(NC(=O)c1cc(Cl)ccc1NC(=O)C1CC(OS(=O)(=O)c2ccccc2[N+](=O)[O-])=NN1c1ncccc1Cl)C1CC1. The van der Waals surface area contributed by atoms with Crippen molar-refractivity contribution in [1.82, 2.24) is 10.3 Å². The summed E-state index contributed by atoms with van der Waals surface area (Å²) >= 11 is 12.5. The Balaban J connectivity index is 1.43. The molecule has 3 aromatic rings. The maximum absolute atomic E-state index is 13.7. The Morgan fingerprint density at radius 1 is 1.14 bits per heavy atom. The van der Waals surface area contributed by atoms with E-state index in [2.05, 4.69) is 20.7 Å². The summed E-state index contributed by atoms with van der Waals surface area (Å²) in [4.78, 5) is 40.8. The van der Waals surface area contributed by atoms with Crippen LogP contribution in [0.15, 0.2) is 70.8 Å². The number of nitro benzene ring substituents is 1. The van der Waals surface area contributed by atoms with Gasteiger partial charge in [0.25, 0.3) is 11.6 Å². The first-order chi connectivity index (χ1) is 20.4. The van der Waals surface area contributed by atoms with Crippen LogP contribution in [0.4, 0.5) is 17.2 Å². The smallest absolute Gasteiger partial charge is 0.347 e. The molecule has 2 amide bonds. The summed E-state index contributed by atoms with van der Waals surface area (Å²) < 4.78 is 31.3. The lowest BCUT2D eigenvalue weighted by Gasteiger charge is -2.23. The molecule has 5 rings (SSSR count). The predicted octanol–water partition coefficient (Wildman–Crippen LogP) is 4.76. The number of amides is 2. The first-order valence-electron chi connectivity index (χ1n) is 13.0. The van der Waals surface area contributed by atoms with Gasteiger partial charge in [-0.2, -0.15) is 8.42 Å². The first-order valence-corrected chi connectivity index (χ1v) is 15.2. The highest BCUT2D eigenvalue weighted by Gasteiger charge is 2.40. The van der Waals surface area contributed by atoms with E-state index in [-0.39, 0.29) is 39.6 Å². The quantitative estimate of drug-likeness (QED) is 0.189. The molecule has 2 aliphatic rings. The fourth-order valence-electron chi connectivity index (χ4n) is 4.50. The minimum absolute atomic E-state index is 0.0262. The van der Waals surface area contributed by atoms with Crippen LogP contribution >= 0.6 is 23.2 Å². The molecule has 0 spiro atoms. The van der Waals surface area contributed by atoms with Gasteiger partial charge in [-0.15, -0.1) is 5.10 Å². The van der Waals surface area contributed by atoms with Gasteiger partial charge in [0.15, 0.2) is 10.7 Å². The Bertz CT molecular complexity index is 1750. The van der Waals surface area contributed by atoms with Crippen molar-refractivity contribution in [2.45, 2.75) is 43.2 Å². The Morgan fingerprint density at radius 3 is 2.58 bits per heavy atom. The molecule has 1 fully saturated rings. The molecule has 1 saturated carbocycles. The van der Waals surface area contributed by atoms with Crippen molar-refractivity contribution in [3.05, 3.63) is 86.5 Å². The largest absolute Gasteiger partial charge is 0.361 e. The molecule has 13 nitrogen and oxygen atoms in total. The summed E-state index contributed by atoms with van der Waals surface area (Å²) in [5.74, 6) is -1.14. The molecule has 1 aliphatic heterocycles. The number of nitro groups is 1. The zero-order valence-corrected chi connectivity index (χ0v) is 24.8. The number of pyridine rings is 1. The summed E-state index contributed by atoms with van der Waals surface area (Å²) in [6.07, 6.45) is 3.06. The molecule has 0 radical (unpaired) electrons. The van der Waals surface area contributed by atoms with Gasteiger partial charge in [0, 0.05) is 23.3 Å². The van der Waals surface area contributed by atoms with Gasteiger partial charge in [-0.25, -0.2) is 9.99 Å². The molecule has 16 heteroatoms. The molecule has 2 heterocycles. The van der Waals surface area contributed by atoms with E-state index in [1.807, 2.05) is 6.92 Å². The zero-order chi connectivity index (χ0) is 30.9. The Morgan fingerprint density at radius 2 is 1.88 bits per heavy atom. The Labute approximate surface area is 256 Å². The summed E-state index contributed by atoms with van der Waals surface area (Å²) in [5.41, 5.74) is -0.404. The number of rotatable bonds is 9. The molecule has 2 unspecified atom stereocenters. The third-order valence-electron chi connectivity index (χ3n) is 6.85. The number of nitrogens with one attached hydrogen (secondary N) is 2. The van der Waals surface area contributed by atoms with Crippen molar-refractivity contribution in [3.63, 3.8) is 0 Å². The fourth-order valence-corrected chi connectivity index (χ4v) is 5.97. The van der Waals surface area contributed by atoms with Crippen LogP contribution in [0.25, 0.3) is 0 Å². The van der Waals surface area contributed by atoms with Crippen LogP contribution in [0, 0.1) is 16.0 Å². The van der Waals surface area contributed by atoms with Gasteiger partial charge in [-0.05, 0) is 62.1 Å². The number of para-hydroxylation sites is 1. The van der Waals surface area contributed by atoms with Gasteiger partial charge in [0.2, 0.25) is 11.8 Å². The van der Waals surface area contributed by atoms with Crippen molar-refractivity contribution in [1.29, 1.82) is 0 Å². The van der Waals surface area contributed by atoms with E-state index in [4.69, 9.17) is 27.4 Å². The highest BCUT2D eigenvalue weighted by Crippen LogP contribution is 2.34. The second-order valence-corrected chi connectivity index (χ2v) is 12.3. The van der Waals surface area contributed by atoms with Gasteiger partial charge in [0.05, 0.1) is 27.6 Å². The van der Waals surface area contributed by atoms with Crippen molar-refractivity contribution in [3.8, 4) is 0 Å². The average Bonchev–Trinajstić information content (AvgIpc) is 3.74. The lowest BCUT2D eigenvalue weighted by atomic mass is 10.1. The lowest BCUT2D eigenvalue weighted by Crippen LogP contribution is -2.40. The van der Waals surface area contributed by atoms with Crippen LogP contribution in [-0.2, 0) is 19.1 Å². The fraction of sp³-hybridized carbons (Fsp3) is 0.259. The van der Waals surface area contributed by atoms with Gasteiger partial charge in [0.1, 0.15) is 6.04 Å². The van der Waals surface area contributed by atoms with Crippen molar-refractivity contribution in [2.24, 2.45) is 11.0 Å². The predicted molar refractivity (Wildman–Crippen MR) is 159 cm³/mol. The highest BCUT2D eigenvalue weighted by atomic mass is 35.5. The van der Waals surface area contributed by atoms with E-state index < -0.39 is 49.4 Å². The molecular weight excluding hydrogens is 623 g/mol. The Hall–Kier alpha value is -4.27. The number of benzene rings is 2. The maximum Gasteiger partial charge on any atom is 0.347 e. The van der Waals surface area contributed by atoms with E-state index in [0.717, 1.165) is 30.0 Å². The number of carbonyl (C=O) groups is 2. The molecule has 0 bridgehead atoms. The zero-order valence-electron chi connectivity index (χ0n) is 22.4. The minimum Gasteiger partial charge on any atom is -0.361 e. The van der Waals surface area contributed by atoms with E-state index in [9.17, 15) is 28.1 Å². The van der Waals surface area contributed by atoms with Crippen LogP contribution < -0.4 is 15.6 Å². The third kappa shape index (κ3) is 6.71. The average molecular weight is 647 g/mol. The molecular formula is C27H24Cl2N6O7S. The Kier molecular flexibility index (Phi) is 8.53. The lowest BCUT2D eigenvalue weighted by molar-refractivity contribution is -0.387. The van der Waals surface area contributed by atoms with Crippen LogP contribution in [0.1, 0.15) is 36.5 Å². The van der Waals surface area contributed by atoms with Crippen molar-refractivity contribution < 1.29 is 27.1 Å². The summed E-state index contributed by atoms with van der Waals surface area (Å²) in [6, 6.07) is 10.8. The number of hydrogen-bond donors (Lipinski definition) is 2. The molecule has 1 aliphatic carbocycles. The number of carbonyl (C=O) groups excluding carboxylic acids is 2. The topological polar surface area (TPSA) is 173 Å². The van der Waals surface area contributed by atoms with E-state index >= 15 is 0 Å². The van der Waals surface area contributed by atoms with Gasteiger partial charge < -0.3 is 14.8 Å². The van der Waals surface area contributed by atoms with Gasteiger partial charge in [-0.3, -0.25) is 19.7 Å². The first kappa shape index (κ1) is 30.2. The number of nitrogens with zero attached hydrogens (tertiary/aromatic N) is 4. The number of halogens is 2. The van der Waals surface area contributed by atoms with Gasteiger partial charge >= 0.3 is 10.1 Å². The van der Waals surface area contributed by atoms with Crippen molar-refractivity contribution in [2.75, 3.05) is 10.3 Å². The van der Waals surface area contributed by atoms with Gasteiger partial charge in [-0.1, -0.05) is 35.3 Å². The second-order valence-electron chi connectivity index (χ2n) is 9.91. The molecule has 2 N–H and O–H groups in total. The van der Waals surface area contributed by atoms with Crippen LogP contribution in [0.3, 0.4) is 0 Å². The molecule has 0 saturated heterocycles. The second kappa shape index (κ2) is 12.1. The van der Waals surface area contributed by atoms with Crippen LogP contribution in [0.2, 0.25) is 10.0 Å². The molecule has 2 atom stereocenters. The number of anilines is 2. The van der Waals surface area contributed by atoms with E-state index in [1.165, 1.54) is 42.6 Å². The third-order valence-corrected chi connectivity index (χ3v) is 8.68. The number of hydrazone groups is 1. The molecule has 2 aromatic carbocycles. The summed E-state index contributed by atoms with van der Waals surface area (Å²) in [5, 5.41) is 22.7. The van der Waals surface area contributed by atoms with Crippen LogP contribution in [0.5, 0.6) is 0 Å².